The van der Waals surface area contributed by atoms with Crippen molar-refractivity contribution in [1.82, 2.24) is 4.90 Å². The Morgan fingerprint density at radius 3 is 2.52 bits per heavy atom. The molecule has 0 aromatic heterocycles. The molecule has 1 saturated heterocycles. The molecule has 1 atom stereocenters. The predicted octanol–water partition coefficient (Wildman–Crippen LogP) is 2.13. The van der Waals surface area contributed by atoms with E-state index in [1.165, 1.54) is 6.08 Å². The zero-order valence-corrected chi connectivity index (χ0v) is 14.4. The van der Waals surface area contributed by atoms with Crippen molar-refractivity contribution >= 4 is 21.8 Å². The third kappa shape index (κ3) is 4.82. The van der Waals surface area contributed by atoms with Crippen molar-refractivity contribution in [2.24, 2.45) is 0 Å². The van der Waals surface area contributed by atoms with Crippen LogP contribution >= 0.6 is 0 Å². The van der Waals surface area contributed by atoms with E-state index in [0.29, 0.717) is 19.6 Å². The lowest BCUT2D eigenvalue weighted by molar-refractivity contribution is -0.127. The van der Waals surface area contributed by atoms with Gasteiger partial charge in [0.15, 0.2) is 9.84 Å². The van der Waals surface area contributed by atoms with E-state index < -0.39 is 9.84 Å². The molecule has 0 spiro atoms. The van der Waals surface area contributed by atoms with Gasteiger partial charge < -0.3 is 9.64 Å². The number of carbonyl (C=O) groups excluding carboxylic acids is 1. The van der Waals surface area contributed by atoms with Crippen molar-refractivity contribution in [3.8, 4) is 5.75 Å². The minimum Gasteiger partial charge on any atom is -0.494 e. The Hall–Kier alpha value is -1.82. The van der Waals surface area contributed by atoms with Crippen LogP contribution < -0.4 is 4.74 Å². The van der Waals surface area contributed by atoms with Crippen LogP contribution in [0.3, 0.4) is 0 Å². The maximum atomic E-state index is 12.3. The number of likely N-dealkylation sites (N-methyl/N-ethyl adjacent to an activating group) is 1. The molecule has 5 nitrogen and oxygen atoms in total. The van der Waals surface area contributed by atoms with Crippen LogP contribution in [0.5, 0.6) is 5.75 Å². The summed E-state index contributed by atoms with van der Waals surface area (Å²) in [6, 6.07) is 7.27. The smallest absolute Gasteiger partial charge is 0.246 e. The van der Waals surface area contributed by atoms with Crippen LogP contribution in [-0.2, 0) is 14.6 Å². The Kier molecular flexibility index (Phi) is 5.82. The number of amides is 1. The zero-order chi connectivity index (χ0) is 16.9. The van der Waals surface area contributed by atoms with E-state index in [9.17, 15) is 13.2 Å². The standard InChI is InChI=1S/C17H23NO4S/c1-3-18(15-11-12-23(20,21)13-15)17(19)10-7-14-5-8-16(9-6-14)22-4-2/h5-10,15H,3-4,11-13H2,1-2H3/b10-7+. The van der Waals surface area contributed by atoms with Crippen molar-refractivity contribution in [1.29, 1.82) is 0 Å². The average Bonchev–Trinajstić information content (AvgIpc) is 2.87. The monoisotopic (exact) mass is 337 g/mol. The van der Waals surface area contributed by atoms with E-state index in [4.69, 9.17) is 4.74 Å². The highest BCUT2D eigenvalue weighted by Crippen LogP contribution is 2.18. The highest BCUT2D eigenvalue weighted by atomic mass is 32.2. The van der Waals surface area contributed by atoms with Gasteiger partial charge in [0, 0.05) is 18.7 Å². The number of ether oxygens (including phenoxy) is 1. The predicted molar refractivity (Wildman–Crippen MR) is 91.1 cm³/mol. The van der Waals surface area contributed by atoms with Gasteiger partial charge in [-0.05, 0) is 44.0 Å². The van der Waals surface area contributed by atoms with Crippen LogP contribution in [0, 0.1) is 0 Å². The van der Waals surface area contributed by atoms with Gasteiger partial charge in [-0.15, -0.1) is 0 Å². The molecule has 126 valence electrons. The quantitative estimate of drug-likeness (QED) is 0.746. The molecule has 1 aliphatic rings. The lowest BCUT2D eigenvalue weighted by Gasteiger charge is -2.25. The van der Waals surface area contributed by atoms with Gasteiger partial charge in [-0.2, -0.15) is 0 Å². The van der Waals surface area contributed by atoms with E-state index in [1.807, 2.05) is 38.1 Å². The molecule has 6 heteroatoms. The van der Waals surface area contributed by atoms with Gasteiger partial charge in [0.2, 0.25) is 5.91 Å². The number of sulfone groups is 1. The summed E-state index contributed by atoms with van der Waals surface area (Å²) in [7, 11) is -2.99. The molecule has 1 heterocycles. The summed E-state index contributed by atoms with van der Waals surface area (Å²) >= 11 is 0. The Bertz CT molecular complexity index is 664. The van der Waals surface area contributed by atoms with Crippen molar-refractivity contribution in [3.63, 3.8) is 0 Å². The van der Waals surface area contributed by atoms with Gasteiger partial charge in [-0.3, -0.25) is 4.79 Å². The minimum atomic E-state index is -2.99. The fourth-order valence-electron chi connectivity index (χ4n) is 2.72. The number of rotatable bonds is 6. The number of hydrogen-bond donors (Lipinski definition) is 0. The molecule has 0 bridgehead atoms. The first-order valence-corrected chi connectivity index (χ1v) is 9.69. The average molecular weight is 337 g/mol. The van der Waals surface area contributed by atoms with Crippen LogP contribution in [0.4, 0.5) is 0 Å². The first-order chi connectivity index (χ1) is 10.9. The summed E-state index contributed by atoms with van der Waals surface area (Å²) in [5.41, 5.74) is 0.900. The number of carbonyl (C=O) groups is 1. The third-order valence-electron chi connectivity index (χ3n) is 3.88. The topological polar surface area (TPSA) is 63.7 Å². The van der Waals surface area contributed by atoms with Gasteiger partial charge >= 0.3 is 0 Å². The fourth-order valence-corrected chi connectivity index (χ4v) is 4.45. The van der Waals surface area contributed by atoms with Crippen molar-refractivity contribution in [2.45, 2.75) is 26.3 Å². The van der Waals surface area contributed by atoms with E-state index in [-0.39, 0.29) is 23.5 Å². The first kappa shape index (κ1) is 17.5. The molecule has 1 aliphatic heterocycles. The summed E-state index contributed by atoms with van der Waals surface area (Å²) < 4.78 is 28.5. The van der Waals surface area contributed by atoms with E-state index >= 15 is 0 Å². The van der Waals surface area contributed by atoms with Crippen molar-refractivity contribution < 1.29 is 17.9 Å². The van der Waals surface area contributed by atoms with E-state index in [2.05, 4.69) is 0 Å². The van der Waals surface area contributed by atoms with Crippen molar-refractivity contribution in [2.75, 3.05) is 24.7 Å². The Morgan fingerprint density at radius 1 is 1.30 bits per heavy atom. The molecule has 0 radical (unpaired) electrons. The third-order valence-corrected chi connectivity index (χ3v) is 5.63. The maximum absolute atomic E-state index is 12.3. The summed E-state index contributed by atoms with van der Waals surface area (Å²) in [6.45, 7) is 4.92. The Labute approximate surface area is 137 Å². The highest BCUT2D eigenvalue weighted by molar-refractivity contribution is 7.91. The summed E-state index contributed by atoms with van der Waals surface area (Å²) in [5.74, 6) is 0.888. The van der Waals surface area contributed by atoms with Crippen molar-refractivity contribution in [3.05, 3.63) is 35.9 Å². The summed E-state index contributed by atoms with van der Waals surface area (Å²) in [4.78, 5) is 14.0. The Morgan fingerprint density at radius 2 is 2.00 bits per heavy atom. The second-order valence-electron chi connectivity index (χ2n) is 5.52. The Balaban J connectivity index is 2.01. The van der Waals surface area contributed by atoms with Crippen LogP contribution in [0.1, 0.15) is 25.8 Å². The van der Waals surface area contributed by atoms with Crippen LogP contribution in [0.15, 0.2) is 30.3 Å². The molecule has 2 rings (SSSR count). The molecule has 1 aromatic carbocycles. The molecule has 1 aromatic rings. The first-order valence-electron chi connectivity index (χ1n) is 7.87. The lowest BCUT2D eigenvalue weighted by atomic mass is 10.2. The molecule has 23 heavy (non-hydrogen) atoms. The SMILES string of the molecule is CCOc1ccc(/C=C/C(=O)N(CC)C2CCS(=O)(=O)C2)cc1. The molecule has 0 aliphatic carbocycles. The lowest BCUT2D eigenvalue weighted by Crippen LogP contribution is -2.40. The maximum Gasteiger partial charge on any atom is 0.246 e. The molecule has 0 saturated carbocycles. The van der Waals surface area contributed by atoms with Gasteiger partial charge in [0.05, 0.1) is 18.1 Å². The van der Waals surface area contributed by atoms with Crippen LogP contribution in [0.2, 0.25) is 0 Å². The molecule has 0 N–H and O–H groups in total. The summed E-state index contributed by atoms with van der Waals surface area (Å²) in [5, 5.41) is 0. The van der Waals surface area contributed by atoms with Gasteiger partial charge in [0.25, 0.3) is 0 Å². The van der Waals surface area contributed by atoms with Gasteiger partial charge in [-0.1, -0.05) is 12.1 Å². The fraction of sp³-hybridized carbons (Fsp3) is 0.471. The van der Waals surface area contributed by atoms with Gasteiger partial charge in [-0.25, -0.2) is 8.42 Å². The second kappa shape index (κ2) is 7.64. The molecule has 1 amide bonds. The zero-order valence-electron chi connectivity index (χ0n) is 13.6. The normalized spacial score (nSPS) is 19.8. The molecular formula is C17H23NO4S. The van der Waals surface area contributed by atoms with Gasteiger partial charge in [0.1, 0.15) is 5.75 Å². The largest absolute Gasteiger partial charge is 0.494 e. The van der Waals surface area contributed by atoms with Crippen LogP contribution in [0.25, 0.3) is 6.08 Å². The highest BCUT2D eigenvalue weighted by Gasteiger charge is 2.33. The molecule has 1 fully saturated rings. The number of nitrogens with zero attached hydrogens (tertiary/aromatic N) is 1. The second-order valence-corrected chi connectivity index (χ2v) is 7.75. The molecule has 1 unspecified atom stereocenters. The van der Waals surface area contributed by atoms with E-state index in [0.717, 1.165) is 11.3 Å². The number of benzene rings is 1. The summed E-state index contributed by atoms with van der Waals surface area (Å²) in [6.07, 6.45) is 3.77. The number of hydrogen-bond acceptors (Lipinski definition) is 4. The molecular weight excluding hydrogens is 314 g/mol. The minimum absolute atomic E-state index is 0.0729. The van der Waals surface area contributed by atoms with E-state index in [1.54, 1.807) is 11.0 Å². The van der Waals surface area contributed by atoms with Crippen LogP contribution in [-0.4, -0.2) is 49.9 Å².